The van der Waals surface area contributed by atoms with Gasteiger partial charge in [-0.3, -0.25) is 33.6 Å². The van der Waals surface area contributed by atoms with Gasteiger partial charge in [0.2, 0.25) is 41.4 Å². The van der Waals surface area contributed by atoms with Crippen LogP contribution in [0.3, 0.4) is 0 Å². The number of amides is 8. The summed E-state index contributed by atoms with van der Waals surface area (Å²) >= 11 is 0. The number of alkyl carbamates (subject to hydrolysis) is 1. The van der Waals surface area contributed by atoms with Gasteiger partial charge in [-0.2, -0.15) is 0 Å². The second kappa shape index (κ2) is 23.9. The predicted octanol–water partition coefficient (Wildman–Crippen LogP) is -0.0517. The second-order valence-electron chi connectivity index (χ2n) is 13.8. The Kier molecular flexibility index (Phi) is 20.1. The third-order valence-electron chi connectivity index (χ3n) is 9.37. The number of nitrogens with one attached hydrogen (secondary N) is 5. The molecule has 0 aromatic carbocycles. The molecule has 0 heterocycles. The van der Waals surface area contributed by atoms with E-state index in [0.717, 1.165) is 30.6 Å². The van der Waals surface area contributed by atoms with E-state index in [1.807, 2.05) is 0 Å². The summed E-state index contributed by atoms with van der Waals surface area (Å²) in [7, 11) is 1.25. The lowest BCUT2D eigenvalue weighted by Gasteiger charge is -2.23. The van der Waals surface area contributed by atoms with Crippen LogP contribution in [0.25, 0.3) is 0 Å². The lowest BCUT2D eigenvalue weighted by Crippen LogP contribution is -2.48. The van der Waals surface area contributed by atoms with E-state index in [1.165, 1.54) is 14.0 Å². The fourth-order valence-corrected chi connectivity index (χ4v) is 6.17. The van der Waals surface area contributed by atoms with Crippen LogP contribution in [0.5, 0.6) is 0 Å². The number of primary amides is 2. The van der Waals surface area contributed by atoms with Crippen molar-refractivity contribution in [3.8, 4) is 0 Å². The van der Waals surface area contributed by atoms with E-state index < -0.39 is 41.7 Å². The van der Waals surface area contributed by atoms with E-state index in [-0.39, 0.29) is 49.7 Å². The van der Waals surface area contributed by atoms with E-state index in [9.17, 15) is 38.4 Å². The molecule has 52 heavy (non-hydrogen) atoms. The van der Waals surface area contributed by atoms with Crippen molar-refractivity contribution in [3.63, 3.8) is 0 Å². The summed E-state index contributed by atoms with van der Waals surface area (Å²) in [4.78, 5) is 99.2. The van der Waals surface area contributed by atoms with Crippen molar-refractivity contribution in [2.45, 2.75) is 103 Å². The number of carbonyl (C=O) groups excluding carboxylic acids is 8. The first kappa shape index (κ1) is 43.7. The maximum absolute atomic E-state index is 13.2. The molecule has 2 aliphatic rings. The number of nitrogens with two attached hydrogens (primary N) is 2. The van der Waals surface area contributed by atoms with Gasteiger partial charge in [0.25, 0.3) is 0 Å². The highest BCUT2D eigenvalue weighted by atomic mass is 16.5. The number of unbranched alkanes of at least 4 members (excludes halogenated alkanes) is 3. The van der Waals surface area contributed by atoms with Gasteiger partial charge < -0.3 is 47.7 Å². The number of hydrogen-bond donors (Lipinski definition) is 7. The molecule has 17 heteroatoms. The summed E-state index contributed by atoms with van der Waals surface area (Å²) in [6, 6.07) is -0.858. The van der Waals surface area contributed by atoms with Crippen LogP contribution in [-0.4, -0.2) is 105 Å². The topological polar surface area (TPSA) is 261 Å². The molecule has 2 aliphatic carbocycles. The Balaban J connectivity index is 1.86. The van der Waals surface area contributed by atoms with E-state index in [1.54, 1.807) is 0 Å². The van der Waals surface area contributed by atoms with Crippen molar-refractivity contribution >= 4 is 47.4 Å². The zero-order valence-electron chi connectivity index (χ0n) is 30.8. The standard InChI is InChI=1S/C35H60N8O9/c1-23(44)42-28(11-5-8-19-41-35(51)52-2)34(50)40-20-16-31(47)43(21-29(45)38-17-6-3-9-26(32(36)48)24-12-13-24)22-30(46)39-18-7-4-10-27(33(37)49)25-14-15-25/h24-28H,3-22H2,1-2H3,(H2,36,48)(H2,37,49)(H,38,45)(H,39,46)(H,40,50)(H,41,51)(H,42,44)/t26?,27?,28-/m0/s1. The van der Waals surface area contributed by atoms with Gasteiger partial charge in [0, 0.05) is 51.4 Å². The quantitative estimate of drug-likeness (QED) is 0.0531. The van der Waals surface area contributed by atoms with Crippen molar-refractivity contribution in [1.29, 1.82) is 0 Å². The Labute approximate surface area is 306 Å². The first-order chi connectivity index (χ1) is 24.8. The monoisotopic (exact) mass is 736 g/mol. The fraction of sp³-hybridized carbons (Fsp3) is 0.771. The van der Waals surface area contributed by atoms with Gasteiger partial charge >= 0.3 is 6.09 Å². The zero-order valence-corrected chi connectivity index (χ0v) is 30.8. The van der Waals surface area contributed by atoms with Gasteiger partial charge in [-0.05, 0) is 82.5 Å². The molecular weight excluding hydrogens is 676 g/mol. The molecule has 3 atom stereocenters. The molecule has 294 valence electrons. The minimum Gasteiger partial charge on any atom is -0.453 e. The Morgan fingerprint density at radius 1 is 0.654 bits per heavy atom. The lowest BCUT2D eigenvalue weighted by atomic mass is 9.96. The second-order valence-corrected chi connectivity index (χ2v) is 13.8. The molecule has 0 bridgehead atoms. The van der Waals surface area contributed by atoms with Crippen molar-refractivity contribution in [3.05, 3.63) is 0 Å². The van der Waals surface area contributed by atoms with E-state index in [4.69, 9.17) is 11.5 Å². The molecule has 9 N–H and O–H groups in total. The number of nitrogens with zero attached hydrogens (tertiary/aromatic N) is 1. The average molecular weight is 737 g/mol. The van der Waals surface area contributed by atoms with Crippen LogP contribution in [0.15, 0.2) is 0 Å². The van der Waals surface area contributed by atoms with E-state index in [2.05, 4.69) is 31.3 Å². The maximum atomic E-state index is 13.2. The highest BCUT2D eigenvalue weighted by Crippen LogP contribution is 2.39. The van der Waals surface area contributed by atoms with Crippen molar-refractivity contribution < 1.29 is 43.1 Å². The molecule has 8 amide bonds. The van der Waals surface area contributed by atoms with Crippen LogP contribution >= 0.6 is 0 Å². The largest absolute Gasteiger partial charge is 0.453 e. The van der Waals surface area contributed by atoms with Gasteiger partial charge in [0.15, 0.2) is 0 Å². The smallest absolute Gasteiger partial charge is 0.406 e. The van der Waals surface area contributed by atoms with Gasteiger partial charge in [-0.1, -0.05) is 12.8 Å². The fourth-order valence-electron chi connectivity index (χ4n) is 6.17. The molecule has 0 spiro atoms. The average Bonchev–Trinajstić information content (AvgIpc) is 4.02. The van der Waals surface area contributed by atoms with E-state index in [0.29, 0.717) is 89.3 Å². The molecule has 0 radical (unpaired) electrons. The third kappa shape index (κ3) is 18.7. The number of hydrogen-bond acceptors (Lipinski definition) is 9. The summed E-state index contributed by atoms with van der Waals surface area (Å²) in [6.07, 6.45) is 8.59. The molecule has 2 saturated carbocycles. The normalized spacial score (nSPS) is 15.3. The number of ether oxygens (including phenoxy) is 1. The zero-order chi connectivity index (χ0) is 38.5. The molecule has 0 aromatic heterocycles. The van der Waals surface area contributed by atoms with Crippen molar-refractivity contribution in [1.82, 2.24) is 31.5 Å². The van der Waals surface area contributed by atoms with Gasteiger partial charge in [0.1, 0.15) is 19.1 Å². The molecule has 2 rings (SSSR count). The summed E-state index contributed by atoms with van der Waals surface area (Å²) < 4.78 is 4.51. The maximum Gasteiger partial charge on any atom is 0.406 e. The van der Waals surface area contributed by atoms with Crippen LogP contribution in [0.4, 0.5) is 4.79 Å². The molecule has 0 aliphatic heterocycles. The summed E-state index contributed by atoms with van der Waals surface area (Å²) in [5, 5.41) is 13.3. The van der Waals surface area contributed by atoms with Crippen molar-refractivity contribution in [2.75, 3.05) is 46.4 Å². The van der Waals surface area contributed by atoms with Gasteiger partial charge in [-0.15, -0.1) is 0 Å². The highest BCUT2D eigenvalue weighted by Gasteiger charge is 2.35. The number of rotatable bonds is 28. The lowest BCUT2D eigenvalue weighted by molar-refractivity contribution is -0.139. The van der Waals surface area contributed by atoms with Crippen LogP contribution in [0.1, 0.15) is 96.8 Å². The summed E-state index contributed by atoms with van der Waals surface area (Å²) in [5.74, 6) is -2.50. The Morgan fingerprint density at radius 3 is 1.54 bits per heavy atom. The minimum absolute atomic E-state index is 0.0958. The van der Waals surface area contributed by atoms with Gasteiger partial charge in [-0.25, -0.2) is 4.79 Å². The van der Waals surface area contributed by atoms with Crippen molar-refractivity contribution in [2.24, 2.45) is 35.1 Å². The molecule has 0 aromatic rings. The summed E-state index contributed by atoms with van der Waals surface area (Å²) in [6.45, 7) is 1.43. The predicted molar refractivity (Wildman–Crippen MR) is 191 cm³/mol. The highest BCUT2D eigenvalue weighted by molar-refractivity contribution is 5.90. The molecule has 17 nitrogen and oxygen atoms in total. The molecule has 2 fully saturated rings. The van der Waals surface area contributed by atoms with Gasteiger partial charge in [0.05, 0.1) is 7.11 Å². The third-order valence-corrected chi connectivity index (χ3v) is 9.37. The molecule has 0 saturated heterocycles. The number of carbonyl (C=O) groups is 8. The first-order valence-corrected chi connectivity index (χ1v) is 18.6. The first-order valence-electron chi connectivity index (χ1n) is 18.6. The Morgan fingerprint density at radius 2 is 1.12 bits per heavy atom. The SMILES string of the molecule is COC(=O)NCCCC[C@H](NC(C)=O)C(=O)NCCC(=O)N(CC(=O)NCCCCC(C(N)=O)C1CC1)CC(=O)NCCCCC(C(N)=O)C1CC1. The van der Waals surface area contributed by atoms with E-state index >= 15 is 0 Å². The van der Waals surface area contributed by atoms with Crippen LogP contribution < -0.4 is 38.1 Å². The molecular formula is C35H60N8O9. The number of methoxy groups -OCH3 is 1. The van der Waals surface area contributed by atoms with Crippen LogP contribution in [-0.2, 0) is 38.3 Å². The van der Waals surface area contributed by atoms with Crippen LogP contribution in [0.2, 0.25) is 0 Å². The Hall–Kier alpha value is -4.44. The Bertz CT molecular complexity index is 1170. The molecule has 2 unspecified atom stereocenters. The minimum atomic E-state index is -0.858. The summed E-state index contributed by atoms with van der Waals surface area (Å²) in [5.41, 5.74) is 11.0. The van der Waals surface area contributed by atoms with Crippen LogP contribution in [0, 0.1) is 23.7 Å².